The molecule has 1 heteroatoms. The highest BCUT2D eigenvalue weighted by Crippen LogP contribution is 2.38. The third-order valence-electron chi connectivity index (χ3n) is 5.63. The summed E-state index contributed by atoms with van der Waals surface area (Å²) in [4.78, 5) is 2.41. The predicted octanol–water partition coefficient (Wildman–Crippen LogP) is 6.65. The molecule has 0 radical (unpaired) electrons. The molecule has 1 aromatic carbocycles. The van der Waals surface area contributed by atoms with Crippen LogP contribution in [0.1, 0.15) is 64.5 Å². The summed E-state index contributed by atoms with van der Waals surface area (Å²) in [6.45, 7) is 18.0. The van der Waals surface area contributed by atoms with Gasteiger partial charge in [0.05, 0.1) is 0 Å². The van der Waals surface area contributed by atoms with E-state index in [9.17, 15) is 0 Å². The number of rotatable bonds is 8. The molecular weight excluding hydrogens is 302 g/mol. The first-order valence-corrected chi connectivity index (χ1v) is 9.95. The second-order valence-corrected chi connectivity index (χ2v) is 7.29. The molecule has 1 nitrogen and oxygen atoms in total. The molecule has 0 saturated carbocycles. The van der Waals surface area contributed by atoms with E-state index in [-0.39, 0.29) is 0 Å². The maximum atomic E-state index is 4.45. The van der Waals surface area contributed by atoms with Crippen molar-refractivity contribution in [3.05, 3.63) is 65.8 Å². The van der Waals surface area contributed by atoms with Crippen molar-refractivity contribution < 1.29 is 0 Å². The average molecular weight is 338 g/mol. The van der Waals surface area contributed by atoms with Crippen molar-refractivity contribution in [3.63, 3.8) is 0 Å². The third kappa shape index (κ3) is 4.45. The Morgan fingerprint density at radius 1 is 1.20 bits per heavy atom. The predicted molar refractivity (Wildman–Crippen MR) is 112 cm³/mol. The molecule has 136 valence electrons. The normalized spacial score (nSPS) is 20.9. The molecule has 0 heterocycles. The second kappa shape index (κ2) is 9.08. The third-order valence-corrected chi connectivity index (χ3v) is 5.63. The van der Waals surface area contributed by atoms with E-state index >= 15 is 0 Å². The molecule has 1 aliphatic carbocycles. The quantitative estimate of drug-likeness (QED) is 0.513. The Hall–Kier alpha value is -1.76. The van der Waals surface area contributed by atoms with Crippen molar-refractivity contribution in [1.29, 1.82) is 0 Å². The lowest BCUT2D eigenvalue weighted by atomic mass is 9.74. The van der Waals surface area contributed by atoms with Gasteiger partial charge in [-0.3, -0.25) is 0 Å². The molecule has 2 unspecified atom stereocenters. The summed E-state index contributed by atoms with van der Waals surface area (Å²) in [5, 5.41) is 0. The maximum absolute atomic E-state index is 4.45. The van der Waals surface area contributed by atoms with Gasteiger partial charge in [0, 0.05) is 24.4 Å². The maximum Gasteiger partial charge on any atom is 0.0369 e. The Morgan fingerprint density at radius 3 is 2.56 bits per heavy atom. The Bertz CT molecular complexity index is 637. The van der Waals surface area contributed by atoms with Crippen LogP contribution in [0.4, 0.5) is 0 Å². The van der Waals surface area contributed by atoms with E-state index in [1.165, 1.54) is 22.4 Å². The van der Waals surface area contributed by atoms with Crippen molar-refractivity contribution >= 4 is 5.70 Å². The molecule has 25 heavy (non-hydrogen) atoms. The second-order valence-electron chi connectivity index (χ2n) is 7.29. The van der Waals surface area contributed by atoms with Gasteiger partial charge in [0.1, 0.15) is 0 Å². The lowest BCUT2D eigenvalue weighted by Crippen LogP contribution is -2.24. The van der Waals surface area contributed by atoms with E-state index in [4.69, 9.17) is 0 Å². The molecule has 0 saturated heterocycles. The van der Waals surface area contributed by atoms with Gasteiger partial charge in [-0.1, -0.05) is 82.3 Å². The van der Waals surface area contributed by atoms with Crippen LogP contribution in [0.2, 0.25) is 0 Å². The zero-order chi connectivity index (χ0) is 18.4. The summed E-state index contributed by atoms with van der Waals surface area (Å²) in [5.74, 6) is 1.61. The first-order valence-electron chi connectivity index (χ1n) is 9.95. The number of nitrogens with zero attached hydrogens (tertiary/aromatic N) is 1. The number of benzene rings is 1. The van der Waals surface area contributed by atoms with E-state index in [2.05, 4.69) is 88.6 Å². The van der Waals surface area contributed by atoms with Gasteiger partial charge in [0.15, 0.2) is 0 Å². The van der Waals surface area contributed by atoms with E-state index in [0.29, 0.717) is 17.8 Å². The van der Waals surface area contributed by atoms with Crippen LogP contribution in [-0.2, 0) is 0 Å². The van der Waals surface area contributed by atoms with Gasteiger partial charge >= 0.3 is 0 Å². The van der Waals surface area contributed by atoms with Gasteiger partial charge in [0.2, 0.25) is 0 Å². The molecule has 3 atom stereocenters. The van der Waals surface area contributed by atoms with Crippen LogP contribution in [0.3, 0.4) is 0 Å². The van der Waals surface area contributed by atoms with Gasteiger partial charge in [-0.15, -0.1) is 0 Å². The fourth-order valence-electron chi connectivity index (χ4n) is 3.98. The number of allylic oxidation sites excluding steroid dienone is 4. The zero-order valence-corrected chi connectivity index (χ0v) is 16.8. The highest BCUT2D eigenvalue weighted by Gasteiger charge is 2.26. The van der Waals surface area contributed by atoms with Crippen molar-refractivity contribution in [2.75, 3.05) is 13.1 Å². The van der Waals surface area contributed by atoms with Gasteiger partial charge < -0.3 is 4.90 Å². The minimum Gasteiger partial charge on any atom is -0.372 e. The Balaban J connectivity index is 2.35. The minimum atomic E-state index is 0.481. The van der Waals surface area contributed by atoms with E-state index in [1.807, 2.05) is 0 Å². The van der Waals surface area contributed by atoms with Crippen molar-refractivity contribution in [2.45, 2.75) is 53.4 Å². The smallest absolute Gasteiger partial charge is 0.0369 e. The molecule has 0 amide bonds. The number of hydrogen-bond acceptors (Lipinski definition) is 1. The topological polar surface area (TPSA) is 3.24 Å². The van der Waals surface area contributed by atoms with Gasteiger partial charge in [-0.2, -0.15) is 0 Å². The standard InChI is InChI=1S/C24H35N/c1-7-16-25(9-3)20(6)23-13-11-10-12-22(23)19(5)24-17-21(8-2)15-14-18(24)4/h10-15,17-19,24H,6-9,16H2,1-5H3/t18?,19-,24?/m0/s1. The van der Waals surface area contributed by atoms with Gasteiger partial charge in [-0.05, 0) is 43.1 Å². The van der Waals surface area contributed by atoms with Crippen LogP contribution in [0, 0.1) is 11.8 Å². The molecular formula is C24H35N. The summed E-state index contributed by atoms with van der Waals surface area (Å²) in [5.41, 5.74) is 5.39. The van der Waals surface area contributed by atoms with E-state index in [1.54, 1.807) is 0 Å². The molecule has 0 fully saturated rings. The van der Waals surface area contributed by atoms with Crippen LogP contribution >= 0.6 is 0 Å². The summed E-state index contributed by atoms with van der Waals surface area (Å²) in [6, 6.07) is 8.87. The van der Waals surface area contributed by atoms with Crippen LogP contribution in [0.25, 0.3) is 5.70 Å². The summed E-state index contributed by atoms with van der Waals surface area (Å²) in [6.07, 6.45) is 9.45. The Kier molecular flexibility index (Phi) is 7.11. The van der Waals surface area contributed by atoms with Crippen LogP contribution in [0.5, 0.6) is 0 Å². The lowest BCUT2D eigenvalue weighted by Gasteiger charge is -2.32. The van der Waals surface area contributed by atoms with Crippen LogP contribution < -0.4 is 0 Å². The fraction of sp³-hybridized carbons (Fsp3) is 0.500. The zero-order valence-electron chi connectivity index (χ0n) is 16.8. The van der Waals surface area contributed by atoms with Crippen molar-refractivity contribution in [3.8, 4) is 0 Å². The Labute approximate surface area is 155 Å². The molecule has 2 rings (SSSR count). The molecule has 1 aliphatic rings. The first kappa shape index (κ1) is 19.6. The number of hydrogen-bond donors (Lipinski definition) is 0. The lowest BCUT2D eigenvalue weighted by molar-refractivity contribution is 0.412. The first-order chi connectivity index (χ1) is 12.0. The van der Waals surface area contributed by atoms with Crippen LogP contribution in [0.15, 0.2) is 54.6 Å². The van der Waals surface area contributed by atoms with E-state index < -0.39 is 0 Å². The van der Waals surface area contributed by atoms with Crippen LogP contribution in [-0.4, -0.2) is 18.0 Å². The minimum absolute atomic E-state index is 0.481. The van der Waals surface area contributed by atoms with E-state index in [0.717, 1.165) is 25.9 Å². The highest BCUT2D eigenvalue weighted by atomic mass is 15.1. The molecule has 0 N–H and O–H groups in total. The van der Waals surface area contributed by atoms with Gasteiger partial charge in [0.25, 0.3) is 0 Å². The molecule has 0 bridgehead atoms. The largest absolute Gasteiger partial charge is 0.372 e. The highest BCUT2D eigenvalue weighted by molar-refractivity contribution is 5.65. The Morgan fingerprint density at radius 2 is 1.92 bits per heavy atom. The molecule has 0 aliphatic heterocycles. The SMILES string of the molecule is C=C(c1ccccc1[C@H](C)C1C=C(CC)C=CC1C)N(CC)CCC. The summed E-state index contributed by atoms with van der Waals surface area (Å²) in [7, 11) is 0. The van der Waals surface area contributed by atoms with Crippen molar-refractivity contribution in [2.24, 2.45) is 11.8 Å². The molecule has 1 aromatic rings. The summed E-state index contributed by atoms with van der Waals surface area (Å²) < 4.78 is 0. The molecule has 0 spiro atoms. The fourth-order valence-corrected chi connectivity index (χ4v) is 3.98. The molecule has 0 aromatic heterocycles. The summed E-state index contributed by atoms with van der Waals surface area (Å²) >= 11 is 0. The van der Waals surface area contributed by atoms with Crippen molar-refractivity contribution in [1.82, 2.24) is 4.90 Å². The monoisotopic (exact) mass is 337 g/mol. The van der Waals surface area contributed by atoms with Gasteiger partial charge in [-0.25, -0.2) is 0 Å². The average Bonchev–Trinajstić information content (AvgIpc) is 2.65.